The fourth-order valence-corrected chi connectivity index (χ4v) is 1.99. The van der Waals surface area contributed by atoms with E-state index < -0.39 is 11.5 Å². The Kier molecular flexibility index (Phi) is 2.64. The van der Waals surface area contributed by atoms with Gasteiger partial charge in [-0.3, -0.25) is 9.89 Å². The highest BCUT2D eigenvalue weighted by atomic mass is 16.4. The molecule has 0 amide bonds. The molecule has 2 aromatic heterocycles. The Hall–Kier alpha value is -2.89. The minimum absolute atomic E-state index is 0.361. The SMILES string of the molecule is Cc1ccc(-c2cc3ncc(C(=O)O)c(=O)n3[nH]2)cc1. The van der Waals surface area contributed by atoms with Gasteiger partial charge in [-0.25, -0.2) is 14.3 Å². The monoisotopic (exact) mass is 269 g/mol. The van der Waals surface area contributed by atoms with Gasteiger partial charge in [0, 0.05) is 12.3 Å². The van der Waals surface area contributed by atoms with Gasteiger partial charge in [0.25, 0.3) is 5.56 Å². The summed E-state index contributed by atoms with van der Waals surface area (Å²) in [7, 11) is 0. The van der Waals surface area contributed by atoms with Crippen LogP contribution in [0.15, 0.2) is 41.3 Å². The van der Waals surface area contributed by atoms with E-state index in [0.29, 0.717) is 11.3 Å². The molecule has 2 heterocycles. The fraction of sp³-hybridized carbons (Fsp3) is 0.0714. The van der Waals surface area contributed by atoms with E-state index in [1.54, 1.807) is 6.07 Å². The van der Waals surface area contributed by atoms with Gasteiger partial charge < -0.3 is 5.11 Å². The molecule has 0 saturated carbocycles. The number of carbonyl (C=O) groups is 1. The van der Waals surface area contributed by atoms with Crippen LogP contribution in [-0.2, 0) is 0 Å². The summed E-state index contributed by atoms with van der Waals surface area (Å²) in [6.45, 7) is 1.99. The van der Waals surface area contributed by atoms with Crippen LogP contribution in [0.2, 0.25) is 0 Å². The Balaban J connectivity index is 2.21. The quantitative estimate of drug-likeness (QED) is 0.741. The Labute approximate surface area is 113 Å². The lowest BCUT2D eigenvalue weighted by atomic mass is 10.1. The number of benzene rings is 1. The van der Waals surface area contributed by atoms with Crippen LogP contribution in [0.25, 0.3) is 16.9 Å². The van der Waals surface area contributed by atoms with Gasteiger partial charge in [-0.05, 0) is 12.5 Å². The molecular weight excluding hydrogens is 258 g/mol. The van der Waals surface area contributed by atoms with Crippen molar-refractivity contribution in [1.82, 2.24) is 14.6 Å². The Bertz CT molecular complexity index is 859. The predicted octanol–water partition coefficient (Wildman–Crippen LogP) is 1.70. The summed E-state index contributed by atoms with van der Waals surface area (Å²) in [4.78, 5) is 26.9. The molecule has 100 valence electrons. The number of aromatic nitrogens is 3. The minimum Gasteiger partial charge on any atom is -0.477 e. The molecule has 0 aliphatic heterocycles. The maximum absolute atomic E-state index is 12.0. The second-order valence-electron chi connectivity index (χ2n) is 4.51. The number of carboxylic acid groups (broad SMARTS) is 1. The van der Waals surface area contributed by atoms with Crippen LogP contribution in [0.3, 0.4) is 0 Å². The normalized spacial score (nSPS) is 10.8. The molecular formula is C14H11N3O3. The van der Waals surface area contributed by atoms with Crippen LogP contribution in [-0.4, -0.2) is 25.7 Å². The van der Waals surface area contributed by atoms with Crippen molar-refractivity contribution in [2.45, 2.75) is 6.92 Å². The molecule has 0 saturated heterocycles. The van der Waals surface area contributed by atoms with Crippen LogP contribution in [0.5, 0.6) is 0 Å². The van der Waals surface area contributed by atoms with Crippen LogP contribution >= 0.6 is 0 Å². The van der Waals surface area contributed by atoms with Crippen LogP contribution in [0, 0.1) is 6.92 Å². The zero-order valence-electron chi connectivity index (χ0n) is 10.6. The number of nitrogens with one attached hydrogen (secondary N) is 1. The summed E-state index contributed by atoms with van der Waals surface area (Å²) in [5, 5.41) is 11.8. The molecule has 0 atom stereocenters. The molecule has 0 aliphatic carbocycles. The standard InChI is InChI=1S/C14H11N3O3/c1-8-2-4-9(5-3-8)11-6-12-15-7-10(14(19)20)13(18)17(12)16-11/h2-7,16H,1H3,(H,19,20). The van der Waals surface area contributed by atoms with Crippen molar-refractivity contribution >= 4 is 11.6 Å². The summed E-state index contributed by atoms with van der Waals surface area (Å²) in [5.41, 5.74) is 2.14. The number of carboxylic acids is 1. The predicted molar refractivity (Wildman–Crippen MR) is 72.9 cm³/mol. The Morgan fingerprint density at radius 2 is 2.00 bits per heavy atom. The van der Waals surface area contributed by atoms with E-state index in [0.717, 1.165) is 21.8 Å². The smallest absolute Gasteiger partial charge is 0.343 e. The molecule has 1 aromatic carbocycles. The second-order valence-corrected chi connectivity index (χ2v) is 4.51. The van der Waals surface area contributed by atoms with E-state index >= 15 is 0 Å². The zero-order chi connectivity index (χ0) is 14.3. The number of hydrogen-bond acceptors (Lipinski definition) is 3. The van der Waals surface area contributed by atoms with Crippen molar-refractivity contribution in [2.24, 2.45) is 0 Å². The van der Waals surface area contributed by atoms with Crippen molar-refractivity contribution in [3.05, 3.63) is 58.0 Å². The van der Waals surface area contributed by atoms with Crippen molar-refractivity contribution < 1.29 is 9.90 Å². The van der Waals surface area contributed by atoms with Crippen LogP contribution in [0.4, 0.5) is 0 Å². The number of fused-ring (bicyclic) bond motifs is 1. The zero-order valence-corrected chi connectivity index (χ0v) is 10.6. The largest absolute Gasteiger partial charge is 0.477 e. The van der Waals surface area contributed by atoms with Crippen LogP contribution < -0.4 is 5.56 Å². The number of aryl methyl sites for hydroxylation is 1. The number of aromatic carboxylic acids is 1. The summed E-state index contributed by atoms with van der Waals surface area (Å²) in [6, 6.07) is 9.46. The molecule has 0 spiro atoms. The first-order valence-electron chi connectivity index (χ1n) is 5.97. The number of H-pyrrole nitrogens is 1. The first kappa shape index (κ1) is 12.2. The van der Waals surface area contributed by atoms with Crippen molar-refractivity contribution in [3.63, 3.8) is 0 Å². The van der Waals surface area contributed by atoms with Gasteiger partial charge in [0.1, 0.15) is 5.56 Å². The third-order valence-corrected chi connectivity index (χ3v) is 3.09. The number of aromatic amines is 1. The van der Waals surface area contributed by atoms with Gasteiger partial charge in [0.15, 0.2) is 5.65 Å². The van der Waals surface area contributed by atoms with Gasteiger partial charge in [0.2, 0.25) is 0 Å². The fourth-order valence-electron chi connectivity index (χ4n) is 1.99. The first-order valence-corrected chi connectivity index (χ1v) is 5.97. The molecule has 0 radical (unpaired) electrons. The van der Waals surface area contributed by atoms with E-state index in [-0.39, 0.29) is 5.56 Å². The van der Waals surface area contributed by atoms with Gasteiger partial charge in [-0.15, -0.1) is 0 Å². The number of rotatable bonds is 2. The van der Waals surface area contributed by atoms with Gasteiger partial charge in [-0.1, -0.05) is 29.8 Å². The molecule has 0 aliphatic rings. The molecule has 20 heavy (non-hydrogen) atoms. The minimum atomic E-state index is -1.29. The summed E-state index contributed by atoms with van der Waals surface area (Å²) < 4.78 is 1.14. The van der Waals surface area contributed by atoms with E-state index in [2.05, 4.69) is 10.1 Å². The molecule has 0 fully saturated rings. The lowest BCUT2D eigenvalue weighted by Crippen LogP contribution is -2.22. The summed E-state index contributed by atoms with van der Waals surface area (Å²) in [6.07, 6.45) is 1.08. The number of hydrogen-bond donors (Lipinski definition) is 2. The third kappa shape index (κ3) is 1.87. The topological polar surface area (TPSA) is 87.5 Å². The van der Waals surface area contributed by atoms with Crippen LogP contribution in [0.1, 0.15) is 15.9 Å². The highest BCUT2D eigenvalue weighted by molar-refractivity contribution is 5.87. The third-order valence-electron chi connectivity index (χ3n) is 3.09. The molecule has 6 heteroatoms. The Morgan fingerprint density at radius 1 is 1.30 bits per heavy atom. The van der Waals surface area contributed by atoms with Crippen molar-refractivity contribution in [1.29, 1.82) is 0 Å². The lowest BCUT2D eigenvalue weighted by Gasteiger charge is -1.98. The molecule has 2 N–H and O–H groups in total. The van der Waals surface area contributed by atoms with E-state index in [1.165, 1.54) is 0 Å². The molecule has 0 unspecified atom stereocenters. The van der Waals surface area contributed by atoms with Gasteiger partial charge in [0.05, 0.1) is 5.69 Å². The second kappa shape index (κ2) is 4.34. The Morgan fingerprint density at radius 3 is 2.65 bits per heavy atom. The van der Waals surface area contributed by atoms with E-state index in [4.69, 9.17) is 5.11 Å². The summed E-state index contributed by atoms with van der Waals surface area (Å²) >= 11 is 0. The average Bonchev–Trinajstić information content (AvgIpc) is 2.84. The molecule has 0 bridgehead atoms. The maximum Gasteiger partial charge on any atom is 0.343 e. The molecule has 3 rings (SSSR count). The van der Waals surface area contributed by atoms with Crippen molar-refractivity contribution in [2.75, 3.05) is 0 Å². The highest BCUT2D eigenvalue weighted by Gasteiger charge is 2.13. The molecule has 3 aromatic rings. The van der Waals surface area contributed by atoms with E-state index in [1.807, 2.05) is 31.2 Å². The average molecular weight is 269 g/mol. The first-order chi connectivity index (χ1) is 9.56. The maximum atomic E-state index is 12.0. The van der Waals surface area contributed by atoms with Gasteiger partial charge in [-0.2, -0.15) is 0 Å². The highest BCUT2D eigenvalue weighted by Crippen LogP contribution is 2.18. The van der Waals surface area contributed by atoms with E-state index in [9.17, 15) is 9.59 Å². The number of nitrogens with zero attached hydrogens (tertiary/aromatic N) is 2. The lowest BCUT2D eigenvalue weighted by molar-refractivity contribution is 0.0694. The molecule has 6 nitrogen and oxygen atoms in total. The summed E-state index contributed by atoms with van der Waals surface area (Å²) in [5.74, 6) is -1.29. The van der Waals surface area contributed by atoms with Crippen molar-refractivity contribution in [3.8, 4) is 11.3 Å². The van der Waals surface area contributed by atoms with Gasteiger partial charge >= 0.3 is 5.97 Å².